The normalized spacial score (nSPS) is 18.7. The second-order valence-electron chi connectivity index (χ2n) is 5.01. The first kappa shape index (κ1) is 14.8. The van der Waals surface area contributed by atoms with E-state index in [4.69, 9.17) is 5.11 Å². The van der Waals surface area contributed by atoms with Crippen molar-refractivity contribution in [3.05, 3.63) is 28.2 Å². The van der Waals surface area contributed by atoms with Crippen molar-refractivity contribution in [2.45, 2.75) is 19.8 Å². The van der Waals surface area contributed by atoms with E-state index in [9.17, 15) is 9.59 Å². The number of anilines is 1. The first-order valence-corrected chi connectivity index (χ1v) is 7.31. The van der Waals surface area contributed by atoms with Crippen molar-refractivity contribution in [1.82, 2.24) is 4.90 Å². The summed E-state index contributed by atoms with van der Waals surface area (Å²) >= 11 is 3.37. The zero-order chi connectivity index (χ0) is 14.7. The van der Waals surface area contributed by atoms with Gasteiger partial charge in [0, 0.05) is 23.2 Å². The van der Waals surface area contributed by atoms with Crippen LogP contribution in [0.25, 0.3) is 0 Å². The van der Waals surface area contributed by atoms with Crippen LogP contribution in [0.15, 0.2) is 22.7 Å². The van der Waals surface area contributed by atoms with Gasteiger partial charge in [0.25, 0.3) is 0 Å². The maximum atomic E-state index is 12.2. The Morgan fingerprint density at radius 3 is 2.90 bits per heavy atom. The van der Waals surface area contributed by atoms with Crippen molar-refractivity contribution < 1.29 is 14.7 Å². The third-order valence-electron chi connectivity index (χ3n) is 3.50. The molecule has 0 bridgehead atoms. The number of nitrogens with zero attached hydrogens (tertiary/aromatic N) is 1. The van der Waals surface area contributed by atoms with Crippen LogP contribution in [0.1, 0.15) is 18.4 Å². The van der Waals surface area contributed by atoms with Gasteiger partial charge in [0.15, 0.2) is 0 Å². The number of carbonyl (C=O) groups excluding carboxylic acids is 1. The molecule has 0 aromatic heterocycles. The van der Waals surface area contributed by atoms with Gasteiger partial charge in [-0.2, -0.15) is 0 Å². The van der Waals surface area contributed by atoms with Gasteiger partial charge < -0.3 is 15.3 Å². The standard InChI is InChI=1S/C14H17BrN2O3/c1-9-4-5-11(15)7-12(9)16-14(20)17-6-2-3-10(8-17)13(18)19/h4-5,7,10H,2-3,6,8H2,1H3,(H,16,20)(H,18,19)/t10-/m1/s1. The maximum absolute atomic E-state index is 12.2. The molecule has 0 spiro atoms. The van der Waals surface area contributed by atoms with Crippen LogP contribution in [-0.4, -0.2) is 35.1 Å². The minimum atomic E-state index is -0.832. The highest BCUT2D eigenvalue weighted by Gasteiger charge is 2.28. The molecule has 0 unspecified atom stereocenters. The summed E-state index contributed by atoms with van der Waals surface area (Å²) in [5.74, 6) is -1.29. The Morgan fingerprint density at radius 2 is 2.20 bits per heavy atom. The quantitative estimate of drug-likeness (QED) is 0.869. The molecule has 1 aromatic carbocycles. The van der Waals surface area contributed by atoms with Crippen molar-refractivity contribution >= 4 is 33.6 Å². The predicted octanol–water partition coefficient (Wildman–Crippen LogP) is 3.09. The fourth-order valence-electron chi connectivity index (χ4n) is 2.29. The van der Waals surface area contributed by atoms with Crippen molar-refractivity contribution in [1.29, 1.82) is 0 Å². The summed E-state index contributed by atoms with van der Waals surface area (Å²) in [6.45, 7) is 2.79. The van der Waals surface area contributed by atoms with E-state index in [1.54, 1.807) is 4.90 Å². The van der Waals surface area contributed by atoms with E-state index in [1.807, 2.05) is 25.1 Å². The molecule has 1 aromatic rings. The molecule has 2 rings (SSSR count). The van der Waals surface area contributed by atoms with Crippen molar-refractivity contribution in [3.63, 3.8) is 0 Å². The zero-order valence-electron chi connectivity index (χ0n) is 11.2. The summed E-state index contributed by atoms with van der Waals surface area (Å²) in [5, 5.41) is 11.9. The molecule has 2 N–H and O–H groups in total. The Bertz CT molecular complexity index is 533. The van der Waals surface area contributed by atoms with Crippen LogP contribution in [0.3, 0.4) is 0 Å². The minimum absolute atomic E-state index is 0.239. The Hall–Kier alpha value is -1.56. The topological polar surface area (TPSA) is 69.6 Å². The Labute approximate surface area is 126 Å². The number of carboxylic acids is 1. The number of hydrogen-bond acceptors (Lipinski definition) is 2. The van der Waals surface area contributed by atoms with Gasteiger partial charge in [-0.15, -0.1) is 0 Å². The molecule has 5 nitrogen and oxygen atoms in total. The van der Waals surface area contributed by atoms with Crippen LogP contribution < -0.4 is 5.32 Å². The highest BCUT2D eigenvalue weighted by molar-refractivity contribution is 9.10. The SMILES string of the molecule is Cc1ccc(Br)cc1NC(=O)N1CCC[C@@H](C(=O)O)C1. The fraction of sp³-hybridized carbons (Fsp3) is 0.429. The van der Waals surface area contributed by atoms with Crippen LogP contribution in [0, 0.1) is 12.8 Å². The van der Waals surface area contributed by atoms with Gasteiger partial charge in [-0.25, -0.2) is 4.79 Å². The van der Waals surface area contributed by atoms with E-state index < -0.39 is 11.9 Å². The van der Waals surface area contributed by atoms with Gasteiger partial charge in [-0.1, -0.05) is 22.0 Å². The van der Waals surface area contributed by atoms with E-state index in [0.29, 0.717) is 13.0 Å². The molecule has 0 radical (unpaired) electrons. The first-order valence-electron chi connectivity index (χ1n) is 6.52. The van der Waals surface area contributed by atoms with Crippen LogP contribution in [-0.2, 0) is 4.79 Å². The highest BCUT2D eigenvalue weighted by atomic mass is 79.9. The van der Waals surface area contributed by atoms with Crippen molar-refractivity contribution in [2.24, 2.45) is 5.92 Å². The average molecular weight is 341 g/mol. The molecule has 2 amide bonds. The summed E-state index contributed by atoms with van der Waals surface area (Å²) in [6.07, 6.45) is 1.36. The molecule has 0 aliphatic carbocycles. The monoisotopic (exact) mass is 340 g/mol. The second-order valence-corrected chi connectivity index (χ2v) is 5.93. The van der Waals surface area contributed by atoms with Crippen molar-refractivity contribution in [2.75, 3.05) is 18.4 Å². The molecule has 1 atom stereocenters. The maximum Gasteiger partial charge on any atom is 0.321 e. The summed E-state index contributed by atoms with van der Waals surface area (Å²) in [7, 11) is 0. The molecule has 1 aliphatic rings. The second kappa shape index (κ2) is 6.26. The largest absolute Gasteiger partial charge is 0.481 e. The number of nitrogens with one attached hydrogen (secondary N) is 1. The van der Waals surface area contributed by atoms with Gasteiger partial charge in [-0.05, 0) is 37.5 Å². The molecule has 1 fully saturated rings. The van der Waals surface area contributed by atoms with Crippen molar-refractivity contribution in [3.8, 4) is 0 Å². The van der Waals surface area contributed by atoms with Crippen LogP contribution in [0.5, 0.6) is 0 Å². The Morgan fingerprint density at radius 1 is 1.45 bits per heavy atom. The van der Waals surface area contributed by atoms with E-state index in [-0.39, 0.29) is 12.6 Å². The average Bonchev–Trinajstić information content (AvgIpc) is 2.43. The number of carbonyl (C=O) groups is 2. The summed E-state index contributed by atoms with van der Waals surface area (Å²) < 4.78 is 0.889. The number of hydrogen-bond donors (Lipinski definition) is 2. The van der Waals surface area contributed by atoms with Gasteiger partial charge in [0.1, 0.15) is 0 Å². The first-order chi connectivity index (χ1) is 9.47. The van der Waals surface area contributed by atoms with E-state index in [1.165, 1.54) is 0 Å². The third kappa shape index (κ3) is 3.50. The molecule has 0 saturated carbocycles. The lowest BCUT2D eigenvalue weighted by Gasteiger charge is -2.30. The number of aliphatic carboxylic acids is 1. The smallest absolute Gasteiger partial charge is 0.321 e. The number of aryl methyl sites for hydroxylation is 1. The number of urea groups is 1. The Kier molecular flexibility index (Phi) is 4.65. The molecule has 6 heteroatoms. The van der Waals surface area contributed by atoms with Gasteiger partial charge in [-0.3, -0.25) is 4.79 Å². The molecule has 1 heterocycles. The molecule has 1 saturated heterocycles. The molecular weight excluding hydrogens is 324 g/mol. The summed E-state index contributed by atoms with van der Waals surface area (Å²) in [6, 6.07) is 5.42. The van der Waals surface area contributed by atoms with Crippen LogP contribution >= 0.6 is 15.9 Å². The molecule has 1 aliphatic heterocycles. The predicted molar refractivity (Wildman–Crippen MR) is 79.8 cm³/mol. The number of amides is 2. The lowest BCUT2D eigenvalue weighted by atomic mass is 9.99. The lowest BCUT2D eigenvalue weighted by molar-refractivity contribution is -0.143. The number of benzene rings is 1. The third-order valence-corrected chi connectivity index (χ3v) is 3.99. The number of halogens is 1. The number of rotatable bonds is 2. The summed E-state index contributed by atoms with van der Waals surface area (Å²) in [4.78, 5) is 24.8. The number of piperidine rings is 1. The number of carboxylic acid groups (broad SMARTS) is 1. The minimum Gasteiger partial charge on any atom is -0.481 e. The molecule has 20 heavy (non-hydrogen) atoms. The van der Waals surface area contributed by atoms with Gasteiger partial charge >= 0.3 is 12.0 Å². The number of likely N-dealkylation sites (tertiary alicyclic amines) is 1. The van der Waals surface area contributed by atoms with E-state index in [2.05, 4.69) is 21.2 Å². The zero-order valence-corrected chi connectivity index (χ0v) is 12.8. The fourth-order valence-corrected chi connectivity index (χ4v) is 2.65. The molecule has 108 valence electrons. The Balaban J connectivity index is 2.04. The van der Waals surface area contributed by atoms with Gasteiger partial charge in [0.05, 0.1) is 5.92 Å². The van der Waals surface area contributed by atoms with Crippen LogP contribution in [0.4, 0.5) is 10.5 Å². The lowest BCUT2D eigenvalue weighted by Crippen LogP contribution is -2.44. The highest BCUT2D eigenvalue weighted by Crippen LogP contribution is 2.22. The van der Waals surface area contributed by atoms with Gasteiger partial charge in [0.2, 0.25) is 0 Å². The molecular formula is C14H17BrN2O3. The van der Waals surface area contributed by atoms with E-state index >= 15 is 0 Å². The summed E-state index contributed by atoms with van der Waals surface area (Å²) in [5.41, 5.74) is 1.70. The van der Waals surface area contributed by atoms with Crippen LogP contribution in [0.2, 0.25) is 0 Å². The van der Waals surface area contributed by atoms with E-state index in [0.717, 1.165) is 22.1 Å².